The lowest BCUT2D eigenvalue weighted by molar-refractivity contribution is -0.131. The lowest BCUT2D eigenvalue weighted by Gasteiger charge is -2.36. The molecule has 2 aromatic rings. The maximum Gasteiger partial charge on any atom is 0.227 e. The number of rotatable bonds is 3. The van der Waals surface area contributed by atoms with Crippen LogP contribution in [0.15, 0.2) is 28.8 Å². The Bertz CT molecular complexity index is 995. The molecule has 1 aromatic carbocycles. The van der Waals surface area contributed by atoms with Gasteiger partial charge < -0.3 is 24.0 Å². The van der Waals surface area contributed by atoms with E-state index in [1.807, 2.05) is 47.9 Å². The molecular weight excluding hydrogens is 444 g/mol. The molecule has 1 fully saturated rings. The Kier molecular flexibility index (Phi) is 8.57. The Morgan fingerprint density at radius 3 is 2.43 bits per heavy atom. The number of benzene rings is 1. The van der Waals surface area contributed by atoms with E-state index in [2.05, 4.69) is 10.1 Å². The van der Waals surface area contributed by atoms with Crippen LogP contribution in [0.4, 0.5) is 5.69 Å². The third-order valence-corrected chi connectivity index (χ3v) is 7.29. The molecule has 0 saturated carbocycles. The zero-order chi connectivity index (χ0) is 24.8. The summed E-state index contributed by atoms with van der Waals surface area (Å²) in [5.74, 6) is 0.776. The lowest BCUT2D eigenvalue weighted by atomic mass is 10.0. The summed E-state index contributed by atoms with van der Waals surface area (Å²) in [5, 5.41) is 4.02. The van der Waals surface area contributed by atoms with Crippen molar-refractivity contribution < 1.29 is 18.8 Å². The molecule has 0 radical (unpaired) electrons. The van der Waals surface area contributed by atoms with Crippen molar-refractivity contribution in [3.63, 3.8) is 0 Å². The average molecular weight is 483 g/mol. The van der Waals surface area contributed by atoms with Crippen LogP contribution < -0.4 is 4.90 Å². The Morgan fingerprint density at radius 1 is 1.03 bits per heavy atom. The summed E-state index contributed by atoms with van der Waals surface area (Å²) in [4.78, 5) is 32.6. The highest BCUT2D eigenvalue weighted by Gasteiger charge is 2.25. The SMILES string of the molecule is CC(=O)N1CCCN(C2CCOCC2)CCCN(C(=O)Cc2c(C)noc2C)Cc2ccccc21. The summed E-state index contributed by atoms with van der Waals surface area (Å²) in [6.07, 6.45) is 4.16. The Labute approximate surface area is 208 Å². The second kappa shape index (κ2) is 11.8. The van der Waals surface area contributed by atoms with Gasteiger partial charge in [-0.25, -0.2) is 0 Å². The van der Waals surface area contributed by atoms with Crippen molar-refractivity contribution in [3.8, 4) is 0 Å². The minimum Gasteiger partial charge on any atom is -0.381 e. The van der Waals surface area contributed by atoms with Gasteiger partial charge in [0.1, 0.15) is 5.76 Å². The molecule has 1 saturated heterocycles. The van der Waals surface area contributed by atoms with Gasteiger partial charge in [0.25, 0.3) is 0 Å². The maximum atomic E-state index is 13.5. The zero-order valence-electron chi connectivity index (χ0n) is 21.3. The number of carbonyl (C=O) groups excluding carboxylic acids is 2. The van der Waals surface area contributed by atoms with Gasteiger partial charge in [0.05, 0.1) is 12.1 Å². The first-order valence-corrected chi connectivity index (χ1v) is 12.8. The number of para-hydroxylation sites is 1. The molecule has 4 rings (SSSR count). The summed E-state index contributed by atoms with van der Waals surface area (Å²) in [6.45, 7) is 10.6. The van der Waals surface area contributed by atoms with Crippen LogP contribution in [-0.2, 0) is 27.3 Å². The van der Waals surface area contributed by atoms with Gasteiger partial charge in [0, 0.05) is 70.2 Å². The second-order valence-corrected chi connectivity index (χ2v) is 9.68. The topological polar surface area (TPSA) is 79.1 Å². The van der Waals surface area contributed by atoms with Crippen LogP contribution in [0.3, 0.4) is 0 Å². The van der Waals surface area contributed by atoms with Gasteiger partial charge in [-0.2, -0.15) is 0 Å². The number of carbonyl (C=O) groups is 2. The normalized spacial score (nSPS) is 19.1. The van der Waals surface area contributed by atoms with Gasteiger partial charge in [-0.1, -0.05) is 23.4 Å². The number of aromatic nitrogens is 1. The minimum atomic E-state index is 0.0284. The minimum absolute atomic E-state index is 0.0284. The molecule has 2 aliphatic rings. The highest BCUT2D eigenvalue weighted by Crippen LogP contribution is 2.25. The predicted octanol–water partition coefficient (Wildman–Crippen LogP) is 3.49. The van der Waals surface area contributed by atoms with Gasteiger partial charge in [-0.3, -0.25) is 9.59 Å². The van der Waals surface area contributed by atoms with Crippen molar-refractivity contribution in [1.82, 2.24) is 15.0 Å². The number of hydrogen-bond acceptors (Lipinski definition) is 6. The largest absolute Gasteiger partial charge is 0.381 e. The Balaban J connectivity index is 1.60. The number of ether oxygens (including phenoxy) is 1. The molecule has 0 N–H and O–H groups in total. The number of amides is 2. The van der Waals surface area contributed by atoms with E-state index in [0.717, 1.165) is 74.5 Å². The predicted molar refractivity (Wildman–Crippen MR) is 134 cm³/mol. The standard InChI is InChI=1S/C27H38N4O4/c1-20-25(21(2)35-28-20)18-27(33)30-14-6-12-29(24-10-16-34-17-11-24)13-7-15-31(22(3)32)26-9-5-4-8-23(26)19-30/h4-5,8-9,24H,6-7,10-19H2,1-3H3. The molecule has 1 aromatic heterocycles. The molecule has 35 heavy (non-hydrogen) atoms. The van der Waals surface area contributed by atoms with Gasteiger partial charge in [0.2, 0.25) is 11.8 Å². The Hall–Kier alpha value is -2.71. The lowest BCUT2D eigenvalue weighted by Crippen LogP contribution is -2.44. The number of anilines is 1. The summed E-state index contributed by atoms with van der Waals surface area (Å²) in [7, 11) is 0. The first kappa shape index (κ1) is 25.4. The van der Waals surface area contributed by atoms with Crippen LogP contribution in [0.5, 0.6) is 0 Å². The van der Waals surface area contributed by atoms with E-state index in [1.165, 1.54) is 0 Å². The molecule has 2 amide bonds. The maximum absolute atomic E-state index is 13.5. The van der Waals surface area contributed by atoms with E-state index in [9.17, 15) is 9.59 Å². The molecular formula is C27H38N4O4. The molecule has 3 heterocycles. The van der Waals surface area contributed by atoms with Gasteiger partial charge in [0.15, 0.2) is 0 Å². The van der Waals surface area contributed by atoms with Gasteiger partial charge in [-0.15, -0.1) is 0 Å². The van der Waals surface area contributed by atoms with E-state index in [4.69, 9.17) is 9.26 Å². The van der Waals surface area contributed by atoms with E-state index in [1.54, 1.807) is 6.92 Å². The van der Waals surface area contributed by atoms with Crippen LogP contribution in [0.2, 0.25) is 0 Å². The molecule has 190 valence electrons. The Morgan fingerprint density at radius 2 is 1.74 bits per heavy atom. The molecule has 0 bridgehead atoms. The molecule has 8 nitrogen and oxygen atoms in total. The van der Waals surface area contributed by atoms with Crippen molar-refractivity contribution in [2.45, 2.75) is 65.5 Å². The van der Waals surface area contributed by atoms with E-state index < -0.39 is 0 Å². The molecule has 0 spiro atoms. The van der Waals surface area contributed by atoms with Crippen LogP contribution in [0.25, 0.3) is 0 Å². The quantitative estimate of drug-likeness (QED) is 0.666. The fourth-order valence-electron chi connectivity index (χ4n) is 5.29. The molecule has 0 unspecified atom stereocenters. The van der Waals surface area contributed by atoms with Crippen LogP contribution in [0, 0.1) is 13.8 Å². The van der Waals surface area contributed by atoms with Crippen molar-refractivity contribution in [2.75, 3.05) is 44.3 Å². The fraction of sp³-hybridized carbons (Fsp3) is 0.593. The van der Waals surface area contributed by atoms with E-state index in [-0.39, 0.29) is 18.2 Å². The third kappa shape index (κ3) is 6.30. The summed E-state index contributed by atoms with van der Waals surface area (Å²) >= 11 is 0. The van der Waals surface area contributed by atoms with Gasteiger partial charge in [-0.05, 0) is 51.2 Å². The van der Waals surface area contributed by atoms with Crippen molar-refractivity contribution in [3.05, 3.63) is 46.8 Å². The zero-order valence-corrected chi connectivity index (χ0v) is 21.3. The highest BCUT2D eigenvalue weighted by molar-refractivity contribution is 5.92. The highest BCUT2D eigenvalue weighted by atomic mass is 16.5. The van der Waals surface area contributed by atoms with Crippen LogP contribution >= 0.6 is 0 Å². The monoisotopic (exact) mass is 482 g/mol. The number of hydrogen-bond donors (Lipinski definition) is 0. The number of aryl methyl sites for hydroxylation is 2. The van der Waals surface area contributed by atoms with Crippen molar-refractivity contribution >= 4 is 17.5 Å². The summed E-state index contributed by atoms with van der Waals surface area (Å²) < 4.78 is 10.9. The average Bonchev–Trinajstić information content (AvgIpc) is 3.16. The number of fused-ring (bicyclic) bond motifs is 1. The summed E-state index contributed by atoms with van der Waals surface area (Å²) in [6, 6.07) is 8.46. The van der Waals surface area contributed by atoms with Crippen LogP contribution in [-0.4, -0.2) is 72.2 Å². The van der Waals surface area contributed by atoms with Crippen LogP contribution in [0.1, 0.15) is 55.2 Å². The van der Waals surface area contributed by atoms with Gasteiger partial charge >= 0.3 is 0 Å². The van der Waals surface area contributed by atoms with E-state index >= 15 is 0 Å². The molecule has 2 aliphatic heterocycles. The summed E-state index contributed by atoms with van der Waals surface area (Å²) in [5.41, 5.74) is 3.52. The third-order valence-electron chi connectivity index (χ3n) is 7.29. The number of nitrogens with zero attached hydrogens (tertiary/aromatic N) is 4. The second-order valence-electron chi connectivity index (χ2n) is 9.68. The molecule has 0 aliphatic carbocycles. The first-order chi connectivity index (χ1) is 16.9. The molecule has 8 heteroatoms. The molecule has 0 atom stereocenters. The first-order valence-electron chi connectivity index (χ1n) is 12.8. The van der Waals surface area contributed by atoms with Crippen molar-refractivity contribution in [1.29, 1.82) is 0 Å². The smallest absolute Gasteiger partial charge is 0.227 e. The van der Waals surface area contributed by atoms with E-state index in [0.29, 0.717) is 31.4 Å². The fourth-order valence-corrected chi connectivity index (χ4v) is 5.29. The van der Waals surface area contributed by atoms with Crippen molar-refractivity contribution in [2.24, 2.45) is 0 Å².